The van der Waals surface area contributed by atoms with Crippen molar-refractivity contribution in [2.75, 3.05) is 32.8 Å². The van der Waals surface area contributed by atoms with Crippen molar-refractivity contribution in [1.82, 2.24) is 10.2 Å². The molecule has 1 aromatic rings. The molecular formula is C22H34IN3O2. The number of benzene rings is 1. The van der Waals surface area contributed by atoms with E-state index < -0.39 is 0 Å². The summed E-state index contributed by atoms with van der Waals surface area (Å²) in [5.41, 5.74) is 1.75. The molecule has 1 aliphatic heterocycles. The van der Waals surface area contributed by atoms with Crippen LogP contribution in [0.25, 0.3) is 0 Å². The highest BCUT2D eigenvalue weighted by molar-refractivity contribution is 14.0. The van der Waals surface area contributed by atoms with Gasteiger partial charge in [-0.3, -0.25) is 9.79 Å². The van der Waals surface area contributed by atoms with Crippen molar-refractivity contribution in [3.05, 3.63) is 35.9 Å². The highest BCUT2D eigenvalue weighted by Crippen LogP contribution is 2.48. The van der Waals surface area contributed by atoms with Gasteiger partial charge in [-0.2, -0.15) is 0 Å². The van der Waals surface area contributed by atoms with E-state index in [0.717, 1.165) is 51.4 Å². The lowest BCUT2D eigenvalue weighted by Crippen LogP contribution is -2.47. The molecule has 0 amide bonds. The summed E-state index contributed by atoms with van der Waals surface area (Å²) in [4.78, 5) is 19.2. The maximum absolute atomic E-state index is 12.0. The van der Waals surface area contributed by atoms with Gasteiger partial charge in [0.1, 0.15) is 0 Å². The van der Waals surface area contributed by atoms with Crippen LogP contribution in [0, 0.1) is 11.3 Å². The van der Waals surface area contributed by atoms with E-state index in [1.165, 1.54) is 18.4 Å². The fourth-order valence-electron chi connectivity index (χ4n) is 3.85. The molecule has 1 heterocycles. The van der Waals surface area contributed by atoms with Crippen LogP contribution in [0.1, 0.15) is 45.1 Å². The average Bonchev–Trinajstić information content (AvgIpc) is 3.46. The Hall–Kier alpha value is -1.31. The topological polar surface area (TPSA) is 53.9 Å². The smallest absolute Gasteiger partial charge is 0.309 e. The van der Waals surface area contributed by atoms with Crippen LogP contribution in [-0.4, -0.2) is 49.6 Å². The number of esters is 1. The first-order valence-electron chi connectivity index (χ1n) is 10.4. The van der Waals surface area contributed by atoms with Gasteiger partial charge in [-0.25, -0.2) is 0 Å². The van der Waals surface area contributed by atoms with Crippen LogP contribution in [0.2, 0.25) is 0 Å². The normalized spacial score (nSPS) is 18.9. The standard InChI is InChI=1S/C22H33N3O2.HI/c1-3-23-21(25-14-10-19(11-15-25)20(26)27-4-2)24-17-22(12-13-22)16-18-8-6-5-7-9-18;/h5-9,19H,3-4,10-17H2,1-2H3,(H,23,24);1H. The maximum atomic E-state index is 12.0. The second-order valence-electron chi connectivity index (χ2n) is 7.85. The van der Waals surface area contributed by atoms with E-state index in [0.29, 0.717) is 12.0 Å². The molecular weight excluding hydrogens is 465 g/mol. The fourth-order valence-corrected chi connectivity index (χ4v) is 3.85. The second kappa shape index (κ2) is 11.0. The zero-order valence-electron chi connectivity index (χ0n) is 17.2. The molecule has 28 heavy (non-hydrogen) atoms. The molecule has 2 aliphatic rings. The molecule has 0 unspecified atom stereocenters. The van der Waals surface area contributed by atoms with Crippen molar-refractivity contribution in [2.45, 2.75) is 46.0 Å². The van der Waals surface area contributed by atoms with Gasteiger partial charge < -0.3 is 15.0 Å². The predicted octanol–water partition coefficient (Wildman–Crippen LogP) is 3.87. The lowest BCUT2D eigenvalue weighted by molar-refractivity contribution is -0.149. The Morgan fingerprint density at radius 3 is 2.46 bits per heavy atom. The Morgan fingerprint density at radius 1 is 1.21 bits per heavy atom. The molecule has 1 saturated heterocycles. The van der Waals surface area contributed by atoms with Crippen LogP contribution in [0.15, 0.2) is 35.3 Å². The van der Waals surface area contributed by atoms with Crippen LogP contribution in [-0.2, 0) is 16.0 Å². The zero-order chi connectivity index (χ0) is 19.1. The molecule has 1 aliphatic carbocycles. The number of halogens is 1. The Labute approximate surface area is 186 Å². The number of rotatable bonds is 7. The number of carbonyl (C=O) groups is 1. The van der Waals surface area contributed by atoms with Gasteiger partial charge in [-0.05, 0) is 56.9 Å². The molecule has 0 atom stereocenters. The van der Waals surface area contributed by atoms with E-state index >= 15 is 0 Å². The van der Waals surface area contributed by atoms with Gasteiger partial charge >= 0.3 is 5.97 Å². The van der Waals surface area contributed by atoms with Crippen LogP contribution >= 0.6 is 24.0 Å². The van der Waals surface area contributed by atoms with E-state index in [4.69, 9.17) is 9.73 Å². The van der Waals surface area contributed by atoms with E-state index in [9.17, 15) is 4.79 Å². The second-order valence-corrected chi connectivity index (χ2v) is 7.85. The van der Waals surface area contributed by atoms with Crippen molar-refractivity contribution in [3.8, 4) is 0 Å². The molecule has 1 aromatic carbocycles. The molecule has 3 rings (SSSR count). The molecule has 5 nitrogen and oxygen atoms in total. The Balaban J connectivity index is 0.00000280. The summed E-state index contributed by atoms with van der Waals surface area (Å²) in [6, 6.07) is 10.7. The number of hydrogen-bond donors (Lipinski definition) is 1. The van der Waals surface area contributed by atoms with Crippen LogP contribution in [0.5, 0.6) is 0 Å². The Bertz CT molecular complexity index is 638. The third-order valence-electron chi connectivity index (χ3n) is 5.69. The van der Waals surface area contributed by atoms with Crippen LogP contribution in [0.3, 0.4) is 0 Å². The first kappa shape index (κ1) is 23.0. The first-order valence-corrected chi connectivity index (χ1v) is 10.4. The van der Waals surface area contributed by atoms with Gasteiger partial charge in [-0.15, -0.1) is 24.0 Å². The highest BCUT2D eigenvalue weighted by atomic mass is 127. The van der Waals surface area contributed by atoms with Crippen molar-refractivity contribution in [3.63, 3.8) is 0 Å². The van der Waals surface area contributed by atoms with Gasteiger partial charge in [0.15, 0.2) is 5.96 Å². The molecule has 2 fully saturated rings. The molecule has 156 valence electrons. The predicted molar refractivity (Wildman–Crippen MR) is 124 cm³/mol. The molecule has 1 saturated carbocycles. The summed E-state index contributed by atoms with van der Waals surface area (Å²) < 4.78 is 5.18. The molecule has 0 aromatic heterocycles. The quantitative estimate of drug-likeness (QED) is 0.268. The summed E-state index contributed by atoms with van der Waals surface area (Å²) in [7, 11) is 0. The minimum absolute atomic E-state index is 0. The Kier molecular flexibility index (Phi) is 9.05. The maximum Gasteiger partial charge on any atom is 0.309 e. The van der Waals surface area contributed by atoms with Gasteiger partial charge in [-0.1, -0.05) is 30.3 Å². The van der Waals surface area contributed by atoms with Gasteiger partial charge in [0.2, 0.25) is 0 Å². The number of likely N-dealkylation sites (tertiary alicyclic amines) is 1. The molecule has 0 radical (unpaired) electrons. The molecule has 0 bridgehead atoms. The zero-order valence-corrected chi connectivity index (χ0v) is 19.5. The number of hydrogen-bond acceptors (Lipinski definition) is 3. The SMILES string of the molecule is CCNC(=NCC1(Cc2ccccc2)CC1)N1CCC(C(=O)OCC)CC1.I. The van der Waals surface area contributed by atoms with Crippen molar-refractivity contribution >= 4 is 35.9 Å². The minimum Gasteiger partial charge on any atom is -0.466 e. The summed E-state index contributed by atoms with van der Waals surface area (Å²) in [6.45, 7) is 7.91. The minimum atomic E-state index is -0.0427. The van der Waals surface area contributed by atoms with Gasteiger partial charge in [0.05, 0.1) is 12.5 Å². The average molecular weight is 499 g/mol. The third kappa shape index (κ3) is 6.36. The van der Waals surface area contributed by atoms with Crippen LogP contribution < -0.4 is 5.32 Å². The molecule has 0 spiro atoms. The first-order chi connectivity index (χ1) is 13.2. The third-order valence-corrected chi connectivity index (χ3v) is 5.69. The van der Waals surface area contributed by atoms with Crippen molar-refractivity contribution < 1.29 is 9.53 Å². The lowest BCUT2D eigenvalue weighted by Gasteiger charge is -2.33. The fraction of sp³-hybridized carbons (Fsp3) is 0.636. The monoisotopic (exact) mass is 499 g/mol. The van der Waals surface area contributed by atoms with Crippen molar-refractivity contribution in [2.24, 2.45) is 16.3 Å². The molecule has 1 N–H and O–H groups in total. The summed E-state index contributed by atoms with van der Waals surface area (Å²) >= 11 is 0. The Morgan fingerprint density at radius 2 is 1.89 bits per heavy atom. The van der Waals surface area contributed by atoms with Crippen molar-refractivity contribution in [1.29, 1.82) is 0 Å². The number of guanidine groups is 1. The summed E-state index contributed by atoms with van der Waals surface area (Å²) in [5.74, 6) is 0.995. The lowest BCUT2D eigenvalue weighted by atomic mass is 9.96. The number of carbonyl (C=O) groups excluding carboxylic acids is 1. The van der Waals surface area contributed by atoms with Gasteiger partial charge in [0, 0.05) is 26.2 Å². The van der Waals surface area contributed by atoms with E-state index in [2.05, 4.69) is 47.5 Å². The highest BCUT2D eigenvalue weighted by Gasteiger charge is 2.42. The van der Waals surface area contributed by atoms with Crippen LogP contribution in [0.4, 0.5) is 0 Å². The summed E-state index contributed by atoms with van der Waals surface area (Å²) in [6.07, 6.45) is 5.32. The molecule has 6 heteroatoms. The number of aliphatic imine (C=N–C) groups is 1. The summed E-state index contributed by atoms with van der Waals surface area (Å²) in [5, 5.41) is 3.45. The van der Waals surface area contributed by atoms with E-state index in [1.807, 2.05) is 6.92 Å². The number of nitrogens with one attached hydrogen (secondary N) is 1. The number of nitrogens with zero attached hydrogens (tertiary/aromatic N) is 2. The van der Waals surface area contributed by atoms with E-state index in [1.54, 1.807) is 0 Å². The number of ether oxygens (including phenoxy) is 1. The van der Waals surface area contributed by atoms with Gasteiger partial charge in [0.25, 0.3) is 0 Å². The number of piperidine rings is 1. The van der Waals surface area contributed by atoms with E-state index in [-0.39, 0.29) is 35.9 Å². The largest absolute Gasteiger partial charge is 0.466 e.